The van der Waals surface area contributed by atoms with Crippen LogP contribution in [0.3, 0.4) is 0 Å². The van der Waals surface area contributed by atoms with Gasteiger partial charge in [-0.05, 0) is 62.9 Å². The quantitative estimate of drug-likeness (QED) is 0.466. The standard InChI is InChI=1S/C30H35N5O4/c1-5-39-27-16-19(29(37)33(2)20-11-13-21(36)14-12-20)10-15-23(27)32-28-17-25-26(18-31-28)35(4)30(38)22-8-6-7-9-24(22)34(25)3/h6-10,15-18,20-21,36H,5,11-14H2,1-4H3,(H,31,32). The molecule has 1 aliphatic carbocycles. The first kappa shape index (κ1) is 26.5. The molecule has 2 aromatic carbocycles. The maximum Gasteiger partial charge on any atom is 0.260 e. The predicted octanol–water partition coefficient (Wildman–Crippen LogP) is 4.96. The van der Waals surface area contributed by atoms with Gasteiger partial charge >= 0.3 is 0 Å². The highest BCUT2D eigenvalue weighted by Gasteiger charge is 2.29. The average molecular weight is 530 g/mol. The van der Waals surface area contributed by atoms with Crippen molar-refractivity contribution in [2.24, 2.45) is 0 Å². The normalized spacial score (nSPS) is 18.6. The van der Waals surface area contributed by atoms with Crippen molar-refractivity contribution in [2.75, 3.05) is 42.9 Å². The van der Waals surface area contributed by atoms with Gasteiger partial charge in [-0.3, -0.25) is 9.59 Å². The first-order valence-corrected chi connectivity index (χ1v) is 13.4. The van der Waals surface area contributed by atoms with Crippen molar-refractivity contribution in [1.82, 2.24) is 9.88 Å². The van der Waals surface area contributed by atoms with Gasteiger partial charge in [-0.15, -0.1) is 0 Å². The lowest BCUT2D eigenvalue weighted by Crippen LogP contribution is -2.40. The van der Waals surface area contributed by atoms with Crippen molar-refractivity contribution >= 4 is 40.4 Å². The molecule has 2 amide bonds. The van der Waals surface area contributed by atoms with Crippen molar-refractivity contribution in [2.45, 2.75) is 44.8 Å². The summed E-state index contributed by atoms with van der Waals surface area (Å²) < 4.78 is 5.91. The number of carbonyl (C=O) groups is 2. The lowest BCUT2D eigenvalue weighted by Gasteiger charge is -2.33. The van der Waals surface area contributed by atoms with Crippen molar-refractivity contribution in [1.29, 1.82) is 0 Å². The summed E-state index contributed by atoms with van der Waals surface area (Å²) in [5, 5.41) is 13.2. The highest BCUT2D eigenvalue weighted by molar-refractivity contribution is 6.13. The summed E-state index contributed by atoms with van der Waals surface area (Å²) in [6, 6.07) is 14.9. The molecule has 0 saturated heterocycles. The number of aliphatic hydroxyl groups excluding tert-OH is 1. The summed E-state index contributed by atoms with van der Waals surface area (Å²) in [7, 11) is 5.51. The molecule has 1 aliphatic heterocycles. The molecule has 2 N–H and O–H groups in total. The van der Waals surface area contributed by atoms with Crippen LogP contribution in [0.2, 0.25) is 0 Å². The van der Waals surface area contributed by atoms with Crippen molar-refractivity contribution < 1.29 is 19.4 Å². The lowest BCUT2D eigenvalue weighted by molar-refractivity contribution is 0.0569. The fraction of sp³-hybridized carbons (Fsp3) is 0.367. The number of pyridine rings is 1. The third-order valence-corrected chi connectivity index (χ3v) is 7.71. The number of amides is 2. The van der Waals surface area contributed by atoms with E-state index in [1.54, 1.807) is 35.2 Å². The lowest BCUT2D eigenvalue weighted by atomic mass is 9.92. The van der Waals surface area contributed by atoms with Crippen molar-refractivity contribution in [3.8, 4) is 5.75 Å². The molecule has 2 aliphatic rings. The molecule has 1 saturated carbocycles. The van der Waals surface area contributed by atoms with E-state index in [1.807, 2.05) is 62.3 Å². The number of carbonyl (C=O) groups excluding carboxylic acids is 2. The first-order chi connectivity index (χ1) is 18.8. The smallest absolute Gasteiger partial charge is 0.260 e. The Hall–Kier alpha value is -4.11. The van der Waals surface area contributed by atoms with Gasteiger partial charge in [0.1, 0.15) is 11.6 Å². The number of aliphatic hydroxyl groups is 1. The maximum absolute atomic E-state index is 13.3. The Morgan fingerprint density at radius 2 is 1.79 bits per heavy atom. The molecular weight excluding hydrogens is 494 g/mol. The topological polar surface area (TPSA) is 98.2 Å². The Balaban J connectivity index is 1.42. The average Bonchev–Trinajstić information content (AvgIpc) is 3.03. The van der Waals surface area contributed by atoms with Gasteiger partial charge in [-0.2, -0.15) is 0 Å². The van der Waals surface area contributed by atoms with E-state index in [4.69, 9.17) is 4.74 Å². The van der Waals surface area contributed by atoms with Crippen LogP contribution in [0.4, 0.5) is 28.6 Å². The summed E-state index contributed by atoms with van der Waals surface area (Å²) in [6.07, 6.45) is 4.45. The number of para-hydroxylation sites is 1. The van der Waals surface area contributed by atoms with E-state index < -0.39 is 0 Å². The molecule has 9 nitrogen and oxygen atoms in total. The number of nitrogens with one attached hydrogen (secondary N) is 1. The highest BCUT2D eigenvalue weighted by atomic mass is 16.5. The number of aromatic nitrogens is 1. The molecule has 0 bridgehead atoms. The minimum atomic E-state index is -0.267. The molecule has 204 valence electrons. The van der Waals surface area contributed by atoms with Gasteiger partial charge in [0.2, 0.25) is 0 Å². The number of anilines is 5. The second-order valence-corrected chi connectivity index (χ2v) is 10.1. The first-order valence-electron chi connectivity index (χ1n) is 13.4. The van der Waals surface area contributed by atoms with Crippen LogP contribution in [0.1, 0.15) is 53.3 Å². The summed E-state index contributed by atoms with van der Waals surface area (Å²) in [5.41, 5.74) is 4.21. The molecule has 0 unspecified atom stereocenters. The van der Waals surface area contributed by atoms with Gasteiger partial charge in [0, 0.05) is 38.8 Å². The van der Waals surface area contributed by atoms with E-state index >= 15 is 0 Å². The third-order valence-electron chi connectivity index (χ3n) is 7.71. The number of hydrogen-bond acceptors (Lipinski definition) is 7. The van der Waals surface area contributed by atoms with Gasteiger partial charge < -0.3 is 29.9 Å². The zero-order valence-corrected chi connectivity index (χ0v) is 22.8. The Labute approximate surface area is 229 Å². The third kappa shape index (κ3) is 5.14. The minimum Gasteiger partial charge on any atom is -0.492 e. The Bertz CT molecular complexity index is 1390. The van der Waals surface area contributed by atoms with Crippen LogP contribution < -0.4 is 19.9 Å². The van der Waals surface area contributed by atoms with Crippen LogP contribution in [-0.4, -0.2) is 66.7 Å². The second kappa shape index (κ2) is 10.9. The fourth-order valence-electron chi connectivity index (χ4n) is 5.39. The SMILES string of the molecule is CCOc1cc(C(=O)N(C)C2CCC(O)CC2)ccc1Nc1cc2c(cn1)N(C)C(=O)c1ccccc1N2C. The summed E-state index contributed by atoms with van der Waals surface area (Å²) in [4.78, 5) is 36.3. The molecule has 3 aromatic rings. The van der Waals surface area contributed by atoms with Crippen LogP contribution in [0.15, 0.2) is 54.7 Å². The number of benzene rings is 2. The van der Waals surface area contributed by atoms with E-state index in [2.05, 4.69) is 10.3 Å². The monoisotopic (exact) mass is 529 g/mol. The second-order valence-electron chi connectivity index (χ2n) is 10.1. The Kier molecular flexibility index (Phi) is 7.43. The molecule has 2 heterocycles. The molecule has 0 radical (unpaired) electrons. The zero-order valence-electron chi connectivity index (χ0n) is 22.8. The Morgan fingerprint density at radius 3 is 2.54 bits per heavy atom. The number of rotatable bonds is 6. The predicted molar refractivity (Wildman–Crippen MR) is 153 cm³/mol. The number of fused-ring (bicyclic) bond motifs is 2. The molecule has 1 aromatic heterocycles. The largest absolute Gasteiger partial charge is 0.492 e. The van der Waals surface area contributed by atoms with E-state index in [0.717, 1.165) is 24.2 Å². The molecule has 0 spiro atoms. The maximum atomic E-state index is 13.3. The molecule has 1 fully saturated rings. The minimum absolute atomic E-state index is 0.0694. The van der Waals surface area contributed by atoms with Crippen LogP contribution >= 0.6 is 0 Å². The van der Waals surface area contributed by atoms with Crippen LogP contribution in [-0.2, 0) is 0 Å². The van der Waals surface area contributed by atoms with Crippen LogP contribution in [0.5, 0.6) is 5.75 Å². The van der Waals surface area contributed by atoms with Crippen LogP contribution in [0.25, 0.3) is 0 Å². The molecule has 5 rings (SSSR count). The number of ether oxygens (including phenoxy) is 1. The molecule has 0 atom stereocenters. The summed E-state index contributed by atoms with van der Waals surface area (Å²) in [5.74, 6) is 0.976. The molecule has 39 heavy (non-hydrogen) atoms. The zero-order chi connectivity index (χ0) is 27.7. The molecular formula is C30H35N5O4. The number of nitrogens with zero attached hydrogens (tertiary/aromatic N) is 4. The summed E-state index contributed by atoms with van der Waals surface area (Å²) in [6.45, 7) is 2.34. The molecule has 9 heteroatoms. The van der Waals surface area contributed by atoms with E-state index in [0.29, 0.717) is 53.5 Å². The van der Waals surface area contributed by atoms with Gasteiger partial charge in [0.15, 0.2) is 0 Å². The van der Waals surface area contributed by atoms with E-state index in [9.17, 15) is 14.7 Å². The van der Waals surface area contributed by atoms with E-state index in [1.165, 1.54) is 0 Å². The van der Waals surface area contributed by atoms with Gasteiger partial charge in [0.25, 0.3) is 11.8 Å². The highest BCUT2D eigenvalue weighted by Crippen LogP contribution is 2.40. The van der Waals surface area contributed by atoms with Gasteiger partial charge in [0.05, 0.1) is 47.2 Å². The summed E-state index contributed by atoms with van der Waals surface area (Å²) >= 11 is 0. The fourth-order valence-corrected chi connectivity index (χ4v) is 5.39. The van der Waals surface area contributed by atoms with Crippen molar-refractivity contribution in [3.63, 3.8) is 0 Å². The van der Waals surface area contributed by atoms with Gasteiger partial charge in [-0.1, -0.05) is 12.1 Å². The van der Waals surface area contributed by atoms with E-state index in [-0.39, 0.29) is 24.0 Å². The van der Waals surface area contributed by atoms with Gasteiger partial charge in [-0.25, -0.2) is 4.98 Å². The number of hydrogen-bond donors (Lipinski definition) is 2. The Morgan fingerprint density at radius 1 is 1.05 bits per heavy atom. The van der Waals surface area contributed by atoms with Crippen LogP contribution in [0, 0.1) is 0 Å². The van der Waals surface area contributed by atoms with Crippen molar-refractivity contribution in [3.05, 3.63) is 65.9 Å².